The molecule has 2 rings (SSSR count). The molecule has 6 heteroatoms. The van der Waals surface area contributed by atoms with Crippen molar-refractivity contribution in [2.24, 2.45) is 11.7 Å². The van der Waals surface area contributed by atoms with Gasteiger partial charge in [0.15, 0.2) is 0 Å². The molecule has 2 unspecified atom stereocenters. The highest BCUT2D eigenvalue weighted by Gasteiger charge is 2.42. The lowest BCUT2D eigenvalue weighted by Gasteiger charge is -2.31. The summed E-state index contributed by atoms with van der Waals surface area (Å²) in [5, 5.41) is 3.10. The van der Waals surface area contributed by atoms with Crippen LogP contribution in [0.5, 0.6) is 0 Å². The van der Waals surface area contributed by atoms with Gasteiger partial charge in [0.25, 0.3) is 0 Å². The van der Waals surface area contributed by atoms with E-state index < -0.39 is 18.0 Å². The summed E-state index contributed by atoms with van der Waals surface area (Å²) in [5.74, 6) is -1.75. The minimum absolute atomic E-state index is 0.0983. The summed E-state index contributed by atoms with van der Waals surface area (Å²) in [6, 6.07) is 6.27. The van der Waals surface area contributed by atoms with E-state index in [1.807, 2.05) is 0 Å². The molecule has 0 radical (unpaired) electrons. The fourth-order valence-corrected chi connectivity index (χ4v) is 2.58. The van der Waals surface area contributed by atoms with E-state index in [-0.39, 0.29) is 18.9 Å². The molecule has 3 N–H and O–H groups in total. The lowest BCUT2D eigenvalue weighted by molar-refractivity contribution is -0.182. The van der Waals surface area contributed by atoms with E-state index in [2.05, 4.69) is 5.32 Å². The van der Waals surface area contributed by atoms with E-state index >= 15 is 0 Å². The summed E-state index contributed by atoms with van der Waals surface area (Å²) in [4.78, 5) is 10.9. The summed E-state index contributed by atoms with van der Waals surface area (Å²) >= 11 is 0. The van der Waals surface area contributed by atoms with Gasteiger partial charge in [0, 0.05) is 17.3 Å². The van der Waals surface area contributed by atoms with Crippen molar-refractivity contribution in [2.45, 2.75) is 37.9 Å². The Morgan fingerprint density at radius 1 is 1.20 bits per heavy atom. The smallest absolute Gasteiger partial charge is 0.382 e. The topological polar surface area (TPSA) is 55.1 Å². The predicted molar refractivity (Wildman–Crippen MR) is 70.4 cm³/mol. The minimum atomic E-state index is -4.11. The van der Waals surface area contributed by atoms with Gasteiger partial charge in [-0.3, -0.25) is 4.79 Å². The molecule has 0 saturated heterocycles. The molecule has 1 aliphatic rings. The van der Waals surface area contributed by atoms with Gasteiger partial charge in [-0.25, -0.2) is 0 Å². The molecule has 2 atom stereocenters. The van der Waals surface area contributed by atoms with E-state index in [0.29, 0.717) is 17.7 Å². The molecule has 1 aromatic rings. The Morgan fingerprint density at radius 3 is 2.40 bits per heavy atom. The SMILES string of the molecule is NC(=O)c1ccc(NC2CCCC(C(F)(F)F)C2)cc1. The Labute approximate surface area is 115 Å². The zero-order valence-corrected chi connectivity index (χ0v) is 10.9. The van der Waals surface area contributed by atoms with Crippen molar-refractivity contribution in [3.63, 3.8) is 0 Å². The quantitative estimate of drug-likeness (QED) is 0.895. The zero-order valence-electron chi connectivity index (χ0n) is 10.9. The number of rotatable bonds is 3. The van der Waals surface area contributed by atoms with Crippen LogP contribution in [0.4, 0.5) is 18.9 Å². The van der Waals surface area contributed by atoms with Crippen LogP contribution in [-0.2, 0) is 0 Å². The van der Waals surface area contributed by atoms with Gasteiger partial charge in [-0.15, -0.1) is 0 Å². The highest BCUT2D eigenvalue weighted by molar-refractivity contribution is 5.93. The third kappa shape index (κ3) is 3.65. The average Bonchev–Trinajstić information content (AvgIpc) is 2.38. The number of amides is 1. The van der Waals surface area contributed by atoms with Gasteiger partial charge in [0.05, 0.1) is 5.92 Å². The molecule has 0 aliphatic heterocycles. The van der Waals surface area contributed by atoms with E-state index in [0.717, 1.165) is 6.42 Å². The predicted octanol–water partition coefficient (Wildman–Crippen LogP) is 3.32. The summed E-state index contributed by atoms with van der Waals surface area (Å²) in [7, 11) is 0. The van der Waals surface area contributed by atoms with Gasteiger partial charge in [-0.2, -0.15) is 13.2 Å². The molecule has 20 heavy (non-hydrogen) atoms. The van der Waals surface area contributed by atoms with Crippen molar-refractivity contribution < 1.29 is 18.0 Å². The van der Waals surface area contributed by atoms with Crippen LogP contribution in [-0.4, -0.2) is 18.1 Å². The largest absolute Gasteiger partial charge is 0.391 e. The molecule has 1 aliphatic carbocycles. The number of primary amides is 1. The molecule has 0 heterocycles. The highest BCUT2D eigenvalue weighted by atomic mass is 19.4. The van der Waals surface area contributed by atoms with E-state index in [1.165, 1.54) is 0 Å². The van der Waals surface area contributed by atoms with Crippen LogP contribution in [0.1, 0.15) is 36.0 Å². The Morgan fingerprint density at radius 2 is 1.85 bits per heavy atom. The average molecular weight is 286 g/mol. The lowest BCUT2D eigenvalue weighted by Crippen LogP contribution is -2.34. The Balaban J connectivity index is 1.97. The van der Waals surface area contributed by atoms with Crippen LogP contribution in [0.3, 0.4) is 0 Å². The van der Waals surface area contributed by atoms with Crippen molar-refractivity contribution in [1.29, 1.82) is 0 Å². The van der Waals surface area contributed by atoms with Gasteiger partial charge in [0.2, 0.25) is 5.91 Å². The molecule has 3 nitrogen and oxygen atoms in total. The summed E-state index contributed by atoms with van der Waals surface area (Å²) in [6.07, 6.45) is -2.51. The van der Waals surface area contributed by atoms with Crippen molar-refractivity contribution in [1.82, 2.24) is 0 Å². The molecule has 0 spiro atoms. The first kappa shape index (κ1) is 14.7. The summed E-state index contributed by atoms with van der Waals surface area (Å²) < 4.78 is 38.1. The number of hydrogen-bond donors (Lipinski definition) is 2. The Kier molecular flexibility index (Phi) is 4.20. The molecule has 1 aromatic carbocycles. The molecule has 1 amide bonds. The first-order valence-electron chi connectivity index (χ1n) is 6.59. The molecule has 1 saturated carbocycles. The summed E-state index contributed by atoms with van der Waals surface area (Å²) in [5.41, 5.74) is 6.22. The number of hydrogen-bond acceptors (Lipinski definition) is 2. The molecular formula is C14H17F3N2O. The van der Waals surface area contributed by atoms with Crippen LogP contribution < -0.4 is 11.1 Å². The van der Waals surface area contributed by atoms with E-state index in [9.17, 15) is 18.0 Å². The normalized spacial score (nSPS) is 23.4. The Hall–Kier alpha value is -1.72. The van der Waals surface area contributed by atoms with Gasteiger partial charge < -0.3 is 11.1 Å². The maximum atomic E-state index is 12.7. The number of alkyl halides is 3. The number of nitrogens with one attached hydrogen (secondary N) is 1. The molecule has 110 valence electrons. The summed E-state index contributed by atoms with van der Waals surface area (Å²) in [6.45, 7) is 0. The van der Waals surface area contributed by atoms with Gasteiger partial charge in [-0.1, -0.05) is 6.42 Å². The van der Waals surface area contributed by atoms with Crippen LogP contribution in [0.2, 0.25) is 0 Å². The van der Waals surface area contributed by atoms with Gasteiger partial charge >= 0.3 is 6.18 Å². The monoisotopic (exact) mass is 286 g/mol. The second kappa shape index (κ2) is 5.73. The van der Waals surface area contributed by atoms with Crippen LogP contribution in [0.25, 0.3) is 0 Å². The van der Waals surface area contributed by atoms with Crippen LogP contribution >= 0.6 is 0 Å². The van der Waals surface area contributed by atoms with Gasteiger partial charge in [0.1, 0.15) is 0 Å². The molecule has 1 fully saturated rings. The zero-order chi connectivity index (χ0) is 14.8. The highest BCUT2D eigenvalue weighted by Crippen LogP contribution is 2.38. The van der Waals surface area contributed by atoms with Crippen LogP contribution in [0, 0.1) is 5.92 Å². The van der Waals surface area contributed by atoms with Crippen molar-refractivity contribution in [3.8, 4) is 0 Å². The van der Waals surface area contributed by atoms with Crippen molar-refractivity contribution >= 4 is 11.6 Å². The third-order valence-corrected chi connectivity index (χ3v) is 3.68. The molecular weight excluding hydrogens is 269 g/mol. The maximum absolute atomic E-state index is 12.7. The van der Waals surface area contributed by atoms with E-state index in [1.54, 1.807) is 24.3 Å². The van der Waals surface area contributed by atoms with Crippen molar-refractivity contribution in [2.75, 3.05) is 5.32 Å². The minimum Gasteiger partial charge on any atom is -0.382 e. The number of benzene rings is 1. The molecule has 0 aromatic heterocycles. The molecule has 0 bridgehead atoms. The van der Waals surface area contributed by atoms with E-state index in [4.69, 9.17) is 5.73 Å². The fraction of sp³-hybridized carbons (Fsp3) is 0.500. The number of halogens is 3. The van der Waals surface area contributed by atoms with Crippen molar-refractivity contribution in [3.05, 3.63) is 29.8 Å². The third-order valence-electron chi connectivity index (χ3n) is 3.68. The fourth-order valence-electron chi connectivity index (χ4n) is 2.58. The number of carbonyl (C=O) groups excluding carboxylic acids is 1. The first-order chi connectivity index (χ1) is 9.36. The van der Waals surface area contributed by atoms with Crippen LogP contribution in [0.15, 0.2) is 24.3 Å². The second-order valence-corrected chi connectivity index (χ2v) is 5.19. The second-order valence-electron chi connectivity index (χ2n) is 5.19. The maximum Gasteiger partial charge on any atom is 0.391 e. The standard InChI is InChI=1S/C14H17F3N2O/c15-14(16,17)10-2-1-3-12(8-10)19-11-6-4-9(5-7-11)13(18)20/h4-7,10,12,19H,1-3,8H2,(H2,18,20). The first-order valence-corrected chi connectivity index (χ1v) is 6.59. The Bertz CT molecular complexity index is 470. The number of carbonyl (C=O) groups is 1. The van der Waals surface area contributed by atoms with Gasteiger partial charge in [-0.05, 0) is 43.5 Å². The number of nitrogens with two attached hydrogens (primary N) is 1. The lowest BCUT2D eigenvalue weighted by atomic mass is 9.85. The number of anilines is 1.